The van der Waals surface area contributed by atoms with Crippen LogP contribution in [0.25, 0.3) is 0 Å². The molecule has 1 nitrogen and oxygen atoms in total. The molecule has 0 rings (SSSR count). The molecule has 0 aliphatic rings. The Kier molecular flexibility index (Phi) is 4.19. The molecule has 1 unspecified atom stereocenters. The van der Waals surface area contributed by atoms with Gasteiger partial charge in [0.25, 0.3) is 0 Å². The summed E-state index contributed by atoms with van der Waals surface area (Å²) in [4.78, 5) is 0. The van der Waals surface area contributed by atoms with Crippen molar-refractivity contribution in [2.24, 2.45) is 0 Å². The summed E-state index contributed by atoms with van der Waals surface area (Å²) in [6, 6.07) is 0. The first-order valence-electron chi connectivity index (χ1n) is 3.98. The Morgan fingerprint density at radius 2 is 2.00 bits per heavy atom. The zero-order valence-electron chi connectivity index (χ0n) is 7.76. The van der Waals surface area contributed by atoms with Gasteiger partial charge in [0.1, 0.15) is 8.07 Å². The van der Waals surface area contributed by atoms with E-state index in [1.807, 2.05) is 0 Å². The Bertz CT molecular complexity index is 140. The highest BCUT2D eigenvalue weighted by Gasteiger charge is 2.27. The van der Waals surface area contributed by atoms with Gasteiger partial charge in [-0.3, -0.25) is 0 Å². The van der Waals surface area contributed by atoms with Crippen LogP contribution in [0.1, 0.15) is 13.3 Å². The van der Waals surface area contributed by atoms with Crippen LogP contribution >= 0.6 is 0 Å². The molecule has 0 aromatic heterocycles. The van der Waals surface area contributed by atoms with Crippen molar-refractivity contribution < 1.29 is 4.74 Å². The molecule has 0 bridgehead atoms. The summed E-state index contributed by atoms with van der Waals surface area (Å²) in [5, 5.41) is 0. The van der Waals surface area contributed by atoms with Crippen LogP contribution < -0.4 is 0 Å². The van der Waals surface area contributed by atoms with E-state index >= 15 is 0 Å². The lowest BCUT2D eigenvalue weighted by Gasteiger charge is -2.27. The zero-order valence-corrected chi connectivity index (χ0v) is 8.76. The Morgan fingerprint density at radius 3 is 2.27 bits per heavy atom. The minimum Gasteiger partial charge on any atom is -0.502 e. The van der Waals surface area contributed by atoms with Gasteiger partial charge in [-0.15, -0.1) is 6.58 Å². The van der Waals surface area contributed by atoms with Gasteiger partial charge in [-0.1, -0.05) is 32.3 Å². The molecule has 0 fully saturated rings. The number of hydrogen-bond donors (Lipinski definition) is 0. The minimum absolute atomic E-state index is 0.331. The van der Waals surface area contributed by atoms with Gasteiger partial charge in [0.15, 0.2) is 0 Å². The summed E-state index contributed by atoms with van der Waals surface area (Å²) in [5.41, 5.74) is 2.39. The summed E-state index contributed by atoms with van der Waals surface area (Å²) >= 11 is 0. The van der Waals surface area contributed by atoms with Gasteiger partial charge in [-0.2, -0.15) is 0 Å². The molecular weight excluding hydrogens is 152 g/mol. The van der Waals surface area contributed by atoms with E-state index in [1.54, 1.807) is 0 Å². The SMILES string of the molecule is C=COC(CC)[Si](C)(C)C=C. The maximum absolute atomic E-state index is 5.40. The highest BCUT2D eigenvalue weighted by atomic mass is 28.3. The normalized spacial score (nSPS) is 13.7. The van der Waals surface area contributed by atoms with Crippen LogP contribution in [0.15, 0.2) is 25.1 Å². The van der Waals surface area contributed by atoms with Gasteiger partial charge in [0.2, 0.25) is 0 Å². The van der Waals surface area contributed by atoms with Crippen molar-refractivity contribution in [2.75, 3.05) is 0 Å². The fourth-order valence-corrected chi connectivity index (χ4v) is 2.81. The lowest BCUT2D eigenvalue weighted by molar-refractivity contribution is 0.203. The molecule has 64 valence electrons. The number of ether oxygens (including phenoxy) is 1. The Morgan fingerprint density at radius 1 is 1.45 bits per heavy atom. The molecular formula is C9H18OSi. The highest BCUT2D eigenvalue weighted by molar-refractivity contribution is 6.83. The maximum Gasteiger partial charge on any atom is 0.119 e. The summed E-state index contributed by atoms with van der Waals surface area (Å²) < 4.78 is 5.40. The molecule has 0 radical (unpaired) electrons. The fraction of sp³-hybridized carbons (Fsp3) is 0.556. The molecule has 0 heterocycles. The van der Waals surface area contributed by atoms with Crippen molar-refractivity contribution in [2.45, 2.75) is 32.2 Å². The van der Waals surface area contributed by atoms with Gasteiger partial charge in [0.05, 0.1) is 12.0 Å². The number of hydrogen-bond acceptors (Lipinski definition) is 1. The molecule has 0 aliphatic carbocycles. The molecule has 11 heavy (non-hydrogen) atoms. The molecule has 0 spiro atoms. The molecule has 2 heteroatoms. The third-order valence-corrected chi connectivity index (χ3v) is 5.24. The van der Waals surface area contributed by atoms with Gasteiger partial charge >= 0.3 is 0 Å². The van der Waals surface area contributed by atoms with Crippen molar-refractivity contribution in [1.29, 1.82) is 0 Å². The summed E-state index contributed by atoms with van der Waals surface area (Å²) in [7, 11) is -1.36. The largest absolute Gasteiger partial charge is 0.502 e. The average Bonchev–Trinajstić information content (AvgIpc) is 2.00. The van der Waals surface area contributed by atoms with Crippen LogP contribution in [0.3, 0.4) is 0 Å². The van der Waals surface area contributed by atoms with Crippen molar-refractivity contribution in [3.63, 3.8) is 0 Å². The second kappa shape index (κ2) is 4.39. The van der Waals surface area contributed by atoms with Gasteiger partial charge in [-0.25, -0.2) is 0 Å². The van der Waals surface area contributed by atoms with E-state index in [-0.39, 0.29) is 0 Å². The fourth-order valence-electron chi connectivity index (χ4n) is 1.05. The first-order chi connectivity index (χ1) is 5.08. The molecule has 0 aromatic rings. The Hall–Kier alpha value is -0.503. The molecule has 0 saturated carbocycles. The molecule has 0 aliphatic heterocycles. The topological polar surface area (TPSA) is 9.23 Å². The van der Waals surface area contributed by atoms with E-state index in [0.717, 1.165) is 6.42 Å². The second-order valence-electron chi connectivity index (χ2n) is 3.23. The van der Waals surface area contributed by atoms with E-state index in [2.05, 4.69) is 38.9 Å². The Labute approximate surface area is 70.8 Å². The third-order valence-electron chi connectivity index (χ3n) is 1.99. The monoisotopic (exact) mass is 170 g/mol. The van der Waals surface area contributed by atoms with Gasteiger partial charge in [0, 0.05) is 0 Å². The lowest BCUT2D eigenvalue weighted by Crippen LogP contribution is -2.40. The van der Waals surface area contributed by atoms with E-state index in [4.69, 9.17) is 4.74 Å². The third kappa shape index (κ3) is 2.93. The van der Waals surface area contributed by atoms with Gasteiger partial charge in [-0.05, 0) is 6.42 Å². The molecule has 0 N–H and O–H groups in total. The Balaban J connectivity index is 4.21. The van der Waals surface area contributed by atoms with E-state index in [0.29, 0.717) is 5.73 Å². The van der Waals surface area contributed by atoms with Crippen molar-refractivity contribution in [3.8, 4) is 0 Å². The summed E-state index contributed by atoms with van der Waals surface area (Å²) in [6.07, 6.45) is 2.57. The average molecular weight is 170 g/mol. The second-order valence-corrected chi connectivity index (χ2v) is 7.92. The zero-order chi connectivity index (χ0) is 8.91. The predicted octanol–water partition coefficient (Wildman–Crippen LogP) is 2.90. The van der Waals surface area contributed by atoms with Crippen LogP contribution in [0.2, 0.25) is 13.1 Å². The first-order valence-corrected chi connectivity index (χ1v) is 7.14. The van der Waals surface area contributed by atoms with Crippen LogP contribution in [-0.2, 0) is 4.74 Å². The van der Waals surface area contributed by atoms with E-state index < -0.39 is 8.07 Å². The molecule has 1 atom stereocenters. The minimum atomic E-state index is -1.36. The van der Waals surface area contributed by atoms with Crippen LogP contribution in [0.4, 0.5) is 0 Å². The first kappa shape index (κ1) is 10.5. The highest BCUT2D eigenvalue weighted by Crippen LogP contribution is 2.16. The smallest absolute Gasteiger partial charge is 0.119 e. The van der Waals surface area contributed by atoms with Crippen LogP contribution in [0, 0.1) is 0 Å². The lowest BCUT2D eigenvalue weighted by atomic mass is 10.5. The van der Waals surface area contributed by atoms with Crippen molar-refractivity contribution in [1.82, 2.24) is 0 Å². The molecule has 0 saturated heterocycles. The van der Waals surface area contributed by atoms with Crippen molar-refractivity contribution >= 4 is 8.07 Å². The molecule has 0 amide bonds. The van der Waals surface area contributed by atoms with Crippen LogP contribution in [-0.4, -0.2) is 13.8 Å². The van der Waals surface area contributed by atoms with E-state index in [9.17, 15) is 0 Å². The number of rotatable bonds is 5. The maximum atomic E-state index is 5.40. The van der Waals surface area contributed by atoms with E-state index in [1.165, 1.54) is 6.26 Å². The summed E-state index contributed by atoms with van der Waals surface area (Å²) in [6.45, 7) is 14.0. The predicted molar refractivity (Wildman–Crippen MR) is 53.0 cm³/mol. The van der Waals surface area contributed by atoms with Crippen LogP contribution in [0.5, 0.6) is 0 Å². The van der Waals surface area contributed by atoms with Crippen molar-refractivity contribution in [3.05, 3.63) is 25.1 Å². The molecule has 0 aromatic carbocycles. The quantitative estimate of drug-likeness (QED) is 0.455. The standard InChI is InChI=1S/C9H18OSi/c1-6-9(10-7-2)11(4,5)8-3/h7-9H,2-3,6H2,1,4-5H3. The van der Waals surface area contributed by atoms with Gasteiger partial charge < -0.3 is 4.74 Å². The summed E-state index contributed by atoms with van der Waals surface area (Å²) in [5.74, 6) is 0.